The summed E-state index contributed by atoms with van der Waals surface area (Å²) in [5.74, 6) is 0.901. The Morgan fingerprint density at radius 1 is 0.696 bits per heavy atom. The number of aromatic nitrogens is 1. The third kappa shape index (κ3) is 7.82. The molecule has 1 aliphatic rings. The van der Waals surface area contributed by atoms with Crippen molar-refractivity contribution in [2.24, 2.45) is 4.99 Å². The van der Waals surface area contributed by atoms with Crippen LogP contribution in [-0.2, 0) is 0 Å². The summed E-state index contributed by atoms with van der Waals surface area (Å²) in [4.78, 5) is 22.2. The van der Waals surface area contributed by atoms with Crippen molar-refractivity contribution in [2.75, 3.05) is 37.9 Å². The van der Waals surface area contributed by atoms with Crippen LogP contribution in [0.3, 0.4) is 0 Å². The predicted octanol–water partition coefficient (Wildman–Crippen LogP) is 8.63. The van der Waals surface area contributed by atoms with Gasteiger partial charge in [-0.05, 0) is 25.7 Å². The molecule has 252 valence electrons. The highest BCUT2D eigenvalue weighted by atomic mass is 16.5. The molecule has 2 heterocycles. The second-order valence-corrected chi connectivity index (χ2v) is 11.9. The number of benzene rings is 2. The van der Waals surface area contributed by atoms with E-state index in [0.717, 1.165) is 77.0 Å². The lowest BCUT2D eigenvalue weighted by Gasteiger charge is -2.15. The van der Waals surface area contributed by atoms with E-state index >= 15 is 0 Å². The van der Waals surface area contributed by atoms with E-state index in [1.165, 1.54) is 0 Å². The highest BCUT2D eigenvalue weighted by molar-refractivity contribution is 6.56. The quantitative estimate of drug-likeness (QED) is 0.0669. The first kappa shape index (κ1) is 34.8. The summed E-state index contributed by atoms with van der Waals surface area (Å²) in [5.41, 5.74) is 14.8. The van der Waals surface area contributed by atoms with E-state index < -0.39 is 5.78 Å². The number of Topliss-reactive ketones (excluding diaryl/α,β-unsaturated/α-hetero) is 1. The highest BCUT2D eigenvalue weighted by Gasteiger charge is 2.37. The van der Waals surface area contributed by atoms with Crippen molar-refractivity contribution in [1.82, 2.24) is 4.98 Å². The van der Waals surface area contributed by atoms with Gasteiger partial charge in [0.15, 0.2) is 17.2 Å². The average Bonchev–Trinajstić information content (AvgIpc) is 3.56. The van der Waals surface area contributed by atoms with Gasteiger partial charge in [-0.15, -0.1) is 0 Å². The fraction of sp³-hybridized carbons (Fsp3) is 0.556. The number of hydrogen-bond donors (Lipinski definition) is 4. The number of carbonyl (C=O) groups excluding carboxylic acids is 1. The topological polar surface area (TPSA) is 154 Å². The Kier molecular flexibility index (Phi) is 12.9. The van der Waals surface area contributed by atoms with Crippen LogP contribution in [0.1, 0.15) is 121 Å². The lowest BCUT2D eigenvalue weighted by Crippen LogP contribution is -2.14. The van der Waals surface area contributed by atoms with E-state index in [1.54, 1.807) is 12.1 Å². The monoisotopic (exact) mass is 636 g/mol. The number of nitrogens with one attached hydrogen (secondary N) is 1. The molecule has 10 heteroatoms. The van der Waals surface area contributed by atoms with Gasteiger partial charge in [-0.3, -0.25) is 4.79 Å². The summed E-state index contributed by atoms with van der Waals surface area (Å²) in [5, 5.41) is 12.1. The van der Waals surface area contributed by atoms with E-state index in [0.29, 0.717) is 71.6 Å². The van der Waals surface area contributed by atoms with E-state index in [1.807, 2.05) is 0 Å². The smallest absolute Gasteiger partial charge is 0.219 e. The fourth-order valence-electron chi connectivity index (χ4n) is 5.51. The maximum absolute atomic E-state index is 14.2. The number of aliphatic imine (C=N–C) groups is 1. The van der Waals surface area contributed by atoms with Crippen LogP contribution in [0.2, 0.25) is 0 Å². The van der Waals surface area contributed by atoms with Gasteiger partial charge in [0.25, 0.3) is 0 Å². The van der Waals surface area contributed by atoms with Gasteiger partial charge in [0.2, 0.25) is 5.78 Å². The first-order valence-electron chi connectivity index (χ1n) is 17.2. The maximum Gasteiger partial charge on any atom is 0.219 e. The first-order valence-corrected chi connectivity index (χ1v) is 17.2. The van der Waals surface area contributed by atoms with Gasteiger partial charge in [0.1, 0.15) is 28.6 Å². The van der Waals surface area contributed by atoms with Gasteiger partial charge in [0.05, 0.1) is 54.3 Å². The van der Waals surface area contributed by atoms with Crippen molar-refractivity contribution in [3.8, 4) is 28.7 Å². The number of fused-ring (bicyclic) bond motifs is 2. The van der Waals surface area contributed by atoms with Gasteiger partial charge in [-0.1, -0.05) is 79.1 Å². The largest absolute Gasteiger partial charge is 0.505 e. The number of aromatic amines is 1. The summed E-state index contributed by atoms with van der Waals surface area (Å²) in [7, 11) is 0. The molecule has 0 saturated heterocycles. The molecule has 0 aliphatic carbocycles. The Morgan fingerprint density at radius 3 is 1.83 bits per heavy atom. The Balaban J connectivity index is 1.79. The predicted molar refractivity (Wildman–Crippen MR) is 186 cm³/mol. The van der Waals surface area contributed by atoms with E-state index in [4.69, 9.17) is 35.4 Å². The Hall–Kier alpha value is -4.08. The Labute approximate surface area is 272 Å². The second-order valence-electron chi connectivity index (χ2n) is 11.9. The number of ether oxygens (including phenoxy) is 4. The zero-order valence-electron chi connectivity index (χ0n) is 28.1. The van der Waals surface area contributed by atoms with Crippen molar-refractivity contribution in [1.29, 1.82) is 0 Å². The standard InChI is InChI=1S/C36H52N4O6/c1-5-9-13-15-19-43-25-21-23(37)35(45-17-11-7-3)27-29(25)39-31(33(27)41)32-34(42)28-30(40-32)26(44-20-16-14-10-6-2)22-24(38)36(28)46-18-12-8-4/h21-22,39,41H,5-20,37-38H2,1-4H3. The molecule has 1 aromatic heterocycles. The molecule has 10 nitrogen and oxygen atoms in total. The molecular formula is C36H52N4O6. The van der Waals surface area contributed by atoms with Crippen LogP contribution in [0.25, 0.3) is 10.9 Å². The summed E-state index contributed by atoms with van der Waals surface area (Å²) >= 11 is 0. The van der Waals surface area contributed by atoms with Crippen molar-refractivity contribution in [2.45, 2.75) is 105 Å². The molecule has 0 spiro atoms. The minimum Gasteiger partial charge on any atom is -0.505 e. The van der Waals surface area contributed by atoms with E-state index in [9.17, 15) is 9.90 Å². The summed E-state index contributed by atoms with van der Waals surface area (Å²) < 4.78 is 24.4. The molecule has 46 heavy (non-hydrogen) atoms. The summed E-state index contributed by atoms with van der Waals surface area (Å²) in [6.07, 6.45) is 11.8. The second kappa shape index (κ2) is 17.0. The molecule has 0 fully saturated rings. The van der Waals surface area contributed by atoms with Gasteiger partial charge in [-0.25, -0.2) is 4.99 Å². The number of aromatic hydroxyl groups is 1. The van der Waals surface area contributed by atoms with Gasteiger partial charge >= 0.3 is 0 Å². The molecule has 2 aromatic carbocycles. The summed E-state index contributed by atoms with van der Waals surface area (Å²) in [6, 6.07) is 3.39. The van der Waals surface area contributed by atoms with Crippen LogP contribution in [0.4, 0.5) is 17.1 Å². The number of rotatable bonds is 21. The molecule has 0 radical (unpaired) electrons. The van der Waals surface area contributed by atoms with Crippen LogP contribution in [0.5, 0.6) is 28.7 Å². The molecule has 3 aromatic rings. The van der Waals surface area contributed by atoms with Crippen molar-refractivity contribution >= 4 is 39.5 Å². The minimum absolute atomic E-state index is 0.0254. The SMILES string of the molecule is CCCCCCOc1cc(N)c(OCCCC)c2c1N=C(c1[nH]c3c(OCCCCCC)cc(N)c(OCCCC)c3c1O)C2=O. The summed E-state index contributed by atoms with van der Waals surface area (Å²) in [6.45, 7) is 10.2. The molecular weight excluding hydrogens is 584 g/mol. The van der Waals surface area contributed by atoms with Gasteiger partial charge < -0.3 is 40.5 Å². The lowest BCUT2D eigenvalue weighted by molar-refractivity contribution is 0.106. The number of hydrogen-bond acceptors (Lipinski definition) is 9. The van der Waals surface area contributed by atoms with Crippen LogP contribution in [0, 0.1) is 0 Å². The fourth-order valence-corrected chi connectivity index (χ4v) is 5.51. The molecule has 0 bridgehead atoms. The number of H-pyrrole nitrogens is 1. The first-order chi connectivity index (χ1) is 22.4. The molecule has 0 amide bonds. The third-order valence-corrected chi connectivity index (χ3v) is 8.14. The molecule has 1 aliphatic heterocycles. The maximum atomic E-state index is 14.2. The number of unbranched alkanes of at least 4 members (excludes halogenated alkanes) is 8. The average molecular weight is 637 g/mol. The number of ketones is 1. The highest BCUT2D eigenvalue weighted by Crippen LogP contribution is 2.50. The molecule has 0 atom stereocenters. The molecule has 6 N–H and O–H groups in total. The minimum atomic E-state index is -0.421. The van der Waals surface area contributed by atoms with Crippen molar-refractivity contribution in [3.63, 3.8) is 0 Å². The van der Waals surface area contributed by atoms with Crippen LogP contribution in [0.15, 0.2) is 17.1 Å². The number of anilines is 2. The van der Waals surface area contributed by atoms with Gasteiger partial charge in [-0.2, -0.15) is 0 Å². The number of nitrogens with two attached hydrogens (primary N) is 2. The van der Waals surface area contributed by atoms with E-state index in [2.05, 4.69) is 32.7 Å². The zero-order chi connectivity index (χ0) is 33.1. The molecule has 0 saturated carbocycles. The van der Waals surface area contributed by atoms with Crippen LogP contribution >= 0.6 is 0 Å². The Morgan fingerprint density at radius 2 is 1.22 bits per heavy atom. The Bertz CT molecular complexity index is 1510. The number of nitrogens with zero attached hydrogens (tertiary/aromatic N) is 1. The third-order valence-electron chi connectivity index (χ3n) is 8.14. The van der Waals surface area contributed by atoms with E-state index in [-0.39, 0.29) is 28.5 Å². The van der Waals surface area contributed by atoms with Crippen LogP contribution in [-0.4, -0.2) is 48.0 Å². The lowest BCUT2D eigenvalue weighted by atomic mass is 10.0. The van der Waals surface area contributed by atoms with Crippen LogP contribution < -0.4 is 30.4 Å². The van der Waals surface area contributed by atoms with Crippen molar-refractivity contribution < 1.29 is 28.8 Å². The normalized spacial score (nSPS) is 12.4. The number of nitrogen functional groups attached to an aromatic ring is 2. The van der Waals surface area contributed by atoms with Gasteiger partial charge in [0, 0.05) is 12.1 Å². The molecule has 0 unspecified atom stereocenters. The zero-order valence-corrected chi connectivity index (χ0v) is 28.1. The number of carbonyl (C=O) groups is 1. The van der Waals surface area contributed by atoms with Crippen molar-refractivity contribution in [3.05, 3.63) is 23.4 Å². The molecule has 4 rings (SSSR count).